The average molecular weight is 1020 g/mol. The Morgan fingerprint density at radius 2 is 0.894 bits per heavy atom. The highest BCUT2D eigenvalue weighted by Crippen LogP contribution is 2.29. The van der Waals surface area contributed by atoms with Crippen molar-refractivity contribution in [3.05, 3.63) is 82.1 Å². The Morgan fingerprint density at radius 1 is 0.489 bits per heavy atom. The first-order chi connectivity index (χ1) is 22.9. The van der Waals surface area contributed by atoms with E-state index in [1.165, 1.54) is 81.4 Å². The van der Waals surface area contributed by atoms with Crippen molar-refractivity contribution in [1.29, 1.82) is 0 Å². The molecule has 0 saturated carbocycles. The molecule has 0 bridgehead atoms. The fourth-order valence-electron chi connectivity index (χ4n) is 5.62. The Hall–Kier alpha value is -0.410. The summed E-state index contributed by atoms with van der Waals surface area (Å²) in [6, 6.07) is 20.1. The van der Waals surface area contributed by atoms with E-state index in [0.29, 0.717) is 0 Å². The minimum Gasteiger partial charge on any atom is -0.491 e. The molecule has 258 valence electrons. The zero-order valence-electron chi connectivity index (χ0n) is 27.0. The van der Waals surface area contributed by atoms with Gasteiger partial charge in [0.05, 0.1) is 13.4 Å². The second-order valence-corrected chi connectivity index (χ2v) is 16.5. The lowest BCUT2D eigenvalue weighted by Crippen LogP contribution is -2.25. The smallest absolute Gasteiger partial charge is 0.133 e. The molecule has 47 heavy (non-hydrogen) atoms. The van der Waals surface area contributed by atoms with Gasteiger partial charge in [0, 0.05) is 27.7 Å². The predicted molar refractivity (Wildman–Crippen MR) is 216 cm³/mol. The molecule has 0 aliphatic carbocycles. The summed E-state index contributed by atoms with van der Waals surface area (Å²) < 4.78 is 22.6. The van der Waals surface area contributed by atoms with Crippen molar-refractivity contribution in [3.63, 3.8) is 0 Å². The van der Waals surface area contributed by atoms with E-state index in [1.807, 2.05) is 48.5 Å². The lowest BCUT2D eigenvalue weighted by atomic mass is 10.3. The molecule has 3 aromatic carbocycles. The number of ether oxygens (including phenoxy) is 3. The van der Waals surface area contributed by atoms with E-state index in [0.717, 1.165) is 74.6 Å². The maximum absolute atomic E-state index is 5.76. The van der Waals surface area contributed by atoms with Crippen molar-refractivity contribution >= 4 is 86.3 Å². The molecule has 0 amide bonds. The van der Waals surface area contributed by atoms with Crippen molar-refractivity contribution in [2.45, 2.75) is 38.5 Å². The third-order valence-electron chi connectivity index (χ3n) is 8.22. The molecular weight excluding hydrogens is 969 g/mol. The topological polar surface area (TPSA) is 37.4 Å². The van der Waals surface area contributed by atoms with E-state index in [-0.39, 0.29) is 0 Å². The highest BCUT2D eigenvalue weighted by Gasteiger charge is 2.13. The van der Waals surface area contributed by atoms with Gasteiger partial charge in [0.2, 0.25) is 0 Å². The number of benzene rings is 3. The van der Waals surface area contributed by atoms with Crippen LogP contribution >= 0.6 is 86.3 Å². The maximum Gasteiger partial charge on any atom is 0.133 e. The van der Waals surface area contributed by atoms with Gasteiger partial charge in [0.25, 0.3) is 0 Å². The van der Waals surface area contributed by atoms with Gasteiger partial charge in [-0.25, -0.2) is 0 Å². The van der Waals surface area contributed by atoms with Crippen molar-refractivity contribution in [2.24, 2.45) is 0 Å². The first-order valence-corrected chi connectivity index (χ1v) is 20.8. The third-order valence-corrected chi connectivity index (χ3v) is 11.3. The largest absolute Gasteiger partial charge is 0.491 e. The summed E-state index contributed by atoms with van der Waals surface area (Å²) in [7, 11) is 0. The molecule has 3 aliphatic heterocycles. The van der Waals surface area contributed by atoms with Gasteiger partial charge in [-0.15, -0.1) is 0 Å². The summed E-state index contributed by atoms with van der Waals surface area (Å²) in [4.78, 5) is 7.37. The van der Waals surface area contributed by atoms with Crippen LogP contribution in [-0.2, 0) is 0 Å². The van der Waals surface area contributed by atoms with Crippen LogP contribution in [0.25, 0.3) is 0 Å². The molecule has 3 saturated heterocycles. The van der Waals surface area contributed by atoms with Gasteiger partial charge in [-0.05, 0) is 197 Å². The molecule has 0 N–H and O–H groups in total. The first-order valence-electron chi connectivity index (χ1n) is 16.6. The fraction of sp³-hybridized carbons (Fsp3) is 0.500. The monoisotopic (exact) mass is 1010 g/mol. The number of rotatable bonds is 12. The standard InChI is InChI=1S/C12H15Br2NO.C12H15BrINO.C12H16BrNO/c13-10-3-4-12(11(14)9-10)16-8-7-15-5-1-2-6-15;13-11-9-10(14)3-4-12(11)16-8-7-15-5-1-2-6-15;13-11-5-1-2-6-12(11)15-10-9-14-7-3-4-8-14/h2*3-4,9H,1-2,5-8H2;1-2,5-6H,3-4,7-10H2. The van der Waals surface area contributed by atoms with E-state index >= 15 is 0 Å². The number of para-hydroxylation sites is 1. The van der Waals surface area contributed by atoms with Crippen LogP contribution in [0.1, 0.15) is 38.5 Å². The molecule has 3 aromatic rings. The van der Waals surface area contributed by atoms with Crippen LogP contribution in [0.3, 0.4) is 0 Å². The molecule has 0 radical (unpaired) electrons. The summed E-state index contributed by atoms with van der Waals surface area (Å²) in [5.41, 5.74) is 0. The van der Waals surface area contributed by atoms with Gasteiger partial charge in [0.1, 0.15) is 37.1 Å². The maximum atomic E-state index is 5.76. The predicted octanol–water partition coefficient (Wildman–Crippen LogP) is 10.1. The van der Waals surface area contributed by atoms with Crippen molar-refractivity contribution in [3.8, 4) is 17.2 Å². The number of likely N-dealkylation sites (tertiary alicyclic amines) is 3. The Morgan fingerprint density at radius 3 is 1.32 bits per heavy atom. The highest BCUT2D eigenvalue weighted by atomic mass is 127. The number of halogens is 5. The summed E-state index contributed by atoms with van der Waals surface area (Å²) in [6.07, 6.45) is 8.04. The quantitative estimate of drug-likeness (QED) is 0.168. The van der Waals surface area contributed by atoms with Gasteiger partial charge >= 0.3 is 0 Å². The lowest BCUT2D eigenvalue weighted by molar-refractivity contribution is 0.237. The molecule has 3 aliphatic rings. The molecular formula is C36H46Br4IN3O3. The van der Waals surface area contributed by atoms with E-state index in [1.54, 1.807) is 0 Å². The number of nitrogens with zero attached hydrogens (tertiary/aromatic N) is 3. The fourth-order valence-corrected chi connectivity index (χ4v) is 8.59. The van der Waals surface area contributed by atoms with Crippen LogP contribution < -0.4 is 14.2 Å². The summed E-state index contributed by atoms with van der Waals surface area (Å²) in [5, 5.41) is 0. The summed E-state index contributed by atoms with van der Waals surface area (Å²) in [6.45, 7) is 12.8. The van der Waals surface area contributed by atoms with E-state index in [4.69, 9.17) is 14.2 Å². The molecule has 6 rings (SSSR count). The molecule has 3 heterocycles. The van der Waals surface area contributed by atoms with Crippen molar-refractivity contribution in [2.75, 3.05) is 78.7 Å². The van der Waals surface area contributed by atoms with Gasteiger partial charge < -0.3 is 14.2 Å². The normalized spacial score (nSPS) is 16.7. The summed E-state index contributed by atoms with van der Waals surface area (Å²) in [5.74, 6) is 2.80. The van der Waals surface area contributed by atoms with Crippen LogP contribution in [-0.4, -0.2) is 93.4 Å². The molecule has 3 fully saturated rings. The van der Waals surface area contributed by atoms with Crippen LogP contribution in [0.5, 0.6) is 17.2 Å². The first kappa shape index (κ1) is 39.4. The Labute approximate surface area is 328 Å². The Bertz CT molecular complexity index is 1270. The summed E-state index contributed by atoms with van der Waals surface area (Å²) >= 11 is 16.2. The van der Waals surface area contributed by atoms with Gasteiger partial charge in [-0.3, -0.25) is 14.7 Å². The van der Waals surface area contributed by atoms with E-state index in [2.05, 4.69) is 113 Å². The molecule has 11 heteroatoms. The van der Waals surface area contributed by atoms with Crippen molar-refractivity contribution < 1.29 is 14.2 Å². The number of hydrogen-bond acceptors (Lipinski definition) is 6. The van der Waals surface area contributed by atoms with Crippen LogP contribution in [0, 0.1) is 3.57 Å². The van der Waals surface area contributed by atoms with Gasteiger partial charge in [0.15, 0.2) is 0 Å². The molecule has 6 nitrogen and oxygen atoms in total. The van der Waals surface area contributed by atoms with E-state index < -0.39 is 0 Å². The molecule has 0 aromatic heterocycles. The van der Waals surface area contributed by atoms with Crippen LogP contribution in [0.2, 0.25) is 0 Å². The second kappa shape index (κ2) is 22.4. The highest BCUT2D eigenvalue weighted by molar-refractivity contribution is 14.1. The molecule has 0 spiro atoms. The second-order valence-electron chi connectivity index (χ2n) is 11.8. The number of hydrogen-bond donors (Lipinski definition) is 0. The average Bonchev–Trinajstić information content (AvgIpc) is 3.87. The molecule has 0 atom stereocenters. The lowest BCUT2D eigenvalue weighted by Gasteiger charge is -2.15. The Kier molecular flexibility index (Phi) is 18.8. The van der Waals surface area contributed by atoms with Crippen molar-refractivity contribution in [1.82, 2.24) is 14.7 Å². The minimum absolute atomic E-state index is 0.764. The zero-order valence-corrected chi connectivity index (χ0v) is 35.5. The van der Waals surface area contributed by atoms with Crippen LogP contribution in [0.4, 0.5) is 0 Å². The van der Waals surface area contributed by atoms with E-state index in [9.17, 15) is 0 Å². The SMILES string of the molecule is Brc1cc(I)ccc1OCCN1CCCC1.Brc1ccc(OCCN2CCCC2)c(Br)c1.Brc1ccccc1OCCN1CCCC1. The Balaban J connectivity index is 0.000000160. The van der Waals surface area contributed by atoms with Crippen LogP contribution in [0.15, 0.2) is 78.6 Å². The minimum atomic E-state index is 0.764. The van der Waals surface area contributed by atoms with Gasteiger partial charge in [-0.2, -0.15) is 0 Å². The molecule has 0 unspecified atom stereocenters. The zero-order chi connectivity index (χ0) is 33.3. The third kappa shape index (κ3) is 15.2. The van der Waals surface area contributed by atoms with Gasteiger partial charge in [-0.1, -0.05) is 28.1 Å².